The molecule has 0 saturated heterocycles. The largest absolute Gasteiger partial charge is 0.348 e. The molecule has 0 radical (unpaired) electrons. The Morgan fingerprint density at radius 1 is 1.30 bits per heavy atom. The summed E-state index contributed by atoms with van der Waals surface area (Å²) in [4.78, 5) is 22.1. The highest BCUT2D eigenvalue weighted by Crippen LogP contribution is 2.19. The molecular formula is C14H13N3O3. The van der Waals surface area contributed by atoms with Gasteiger partial charge in [0, 0.05) is 23.7 Å². The molecule has 2 atom stereocenters. The van der Waals surface area contributed by atoms with Crippen LogP contribution in [-0.4, -0.2) is 16.9 Å². The van der Waals surface area contributed by atoms with Crippen LogP contribution in [-0.2, 0) is 0 Å². The van der Waals surface area contributed by atoms with Crippen molar-refractivity contribution in [1.29, 1.82) is 5.26 Å². The lowest BCUT2D eigenvalue weighted by Crippen LogP contribution is -2.40. The van der Waals surface area contributed by atoms with Crippen molar-refractivity contribution in [3.05, 3.63) is 52.1 Å². The zero-order chi connectivity index (χ0) is 14.5. The maximum atomic E-state index is 12.0. The van der Waals surface area contributed by atoms with Gasteiger partial charge in [0.25, 0.3) is 11.6 Å². The van der Waals surface area contributed by atoms with E-state index in [-0.39, 0.29) is 23.6 Å². The maximum absolute atomic E-state index is 12.0. The van der Waals surface area contributed by atoms with Gasteiger partial charge in [-0.1, -0.05) is 12.2 Å². The molecule has 6 nitrogen and oxygen atoms in total. The zero-order valence-corrected chi connectivity index (χ0v) is 10.7. The molecule has 0 fully saturated rings. The van der Waals surface area contributed by atoms with E-state index in [1.165, 1.54) is 24.3 Å². The summed E-state index contributed by atoms with van der Waals surface area (Å²) in [5, 5.41) is 22.4. The first-order valence-corrected chi connectivity index (χ1v) is 6.21. The number of rotatable bonds is 3. The van der Waals surface area contributed by atoms with E-state index in [1.807, 2.05) is 12.2 Å². The molecule has 0 aliphatic heterocycles. The van der Waals surface area contributed by atoms with Gasteiger partial charge in [-0.25, -0.2) is 0 Å². The van der Waals surface area contributed by atoms with Crippen molar-refractivity contribution in [3.8, 4) is 6.07 Å². The fourth-order valence-electron chi connectivity index (χ4n) is 2.10. The van der Waals surface area contributed by atoms with Gasteiger partial charge in [0.05, 0.1) is 16.9 Å². The van der Waals surface area contributed by atoms with Crippen molar-refractivity contribution in [1.82, 2.24) is 5.32 Å². The number of benzene rings is 1. The van der Waals surface area contributed by atoms with E-state index in [9.17, 15) is 14.9 Å². The number of nitriles is 1. The van der Waals surface area contributed by atoms with Crippen LogP contribution in [0.4, 0.5) is 5.69 Å². The monoisotopic (exact) mass is 271 g/mol. The van der Waals surface area contributed by atoms with Crippen molar-refractivity contribution in [2.24, 2.45) is 5.92 Å². The van der Waals surface area contributed by atoms with Crippen molar-refractivity contribution in [2.75, 3.05) is 0 Å². The number of non-ortho nitro benzene ring substituents is 1. The summed E-state index contributed by atoms with van der Waals surface area (Å²) in [7, 11) is 0. The Balaban J connectivity index is 2.06. The minimum atomic E-state index is -0.515. The number of carbonyl (C=O) groups excluding carboxylic acids is 1. The minimum Gasteiger partial charge on any atom is -0.348 e. The van der Waals surface area contributed by atoms with Gasteiger partial charge in [0.15, 0.2) is 0 Å². The lowest BCUT2D eigenvalue weighted by molar-refractivity contribution is -0.384. The Labute approximate surface area is 115 Å². The number of hydrogen-bond donors (Lipinski definition) is 1. The number of nitro benzene ring substituents is 1. The van der Waals surface area contributed by atoms with E-state index in [1.54, 1.807) is 0 Å². The Kier molecular flexibility index (Phi) is 4.11. The fraction of sp³-hybridized carbons (Fsp3) is 0.286. The van der Waals surface area contributed by atoms with Gasteiger partial charge in [-0.05, 0) is 25.0 Å². The highest BCUT2D eigenvalue weighted by atomic mass is 16.6. The fourth-order valence-corrected chi connectivity index (χ4v) is 2.10. The molecule has 20 heavy (non-hydrogen) atoms. The molecule has 1 aromatic carbocycles. The molecule has 0 unspecified atom stereocenters. The average Bonchev–Trinajstić information content (AvgIpc) is 2.48. The third-order valence-corrected chi connectivity index (χ3v) is 3.26. The molecular weight excluding hydrogens is 258 g/mol. The van der Waals surface area contributed by atoms with Gasteiger partial charge in [-0.3, -0.25) is 14.9 Å². The third kappa shape index (κ3) is 3.01. The van der Waals surface area contributed by atoms with Crippen molar-refractivity contribution in [2.45, 2.75) is 18.9 Å². The minimum absolute atomic E-state index is 0.0583. The molecule has 0 bridgehead atoms. The number of nitrogens with one attached hydrogen (secondary N) is 1. The number of allylic oxidation sites excluding steroid dienone is 1. The van der Waals surface area contributed by atoms with Crippen LogP contribution in [0.5, 0.6) is 0 Å². The molecule has 0 aromatic heterocycles. The summed E-state index contributed by atoms with van der Waals surface area (Å²) in [5.41, 5.74) is 0.291. The van der Waals surface area contributed by atoms with Gasteiger partial charge < -0.3 is 5.32 Å². The van der Waals surface area contributed by atoms with Crippen LogP contribution in [0.1, 0.15) is 23.2 Å². The van der Waals surface area contributed by atoms with Crippen LogP contribution in [0.3, 0.4) is 0 Å². The summed E-state index contributed by atoms with van der Waals surface area (Å²) >= 11 is 0. The standard InChI is InChI=1S/C14H13N3O3/c15-9-11-3-1-2-4-13(11)16-14(18)10-5-7-12(8-6-10)17(19)20/h1-2,5-8,11,13H,3-4H2,(H,16,18)/t11-,13+/m1/s1. The third-order valence-electron chi connectivity index (χ3n) is 3.26. The van der Waals surface area contributed by atoms with E-state index in [0.717, 1.165) is 0 Å². The van der Waals surface area contributed by atoms with E-state index < -0.39 is 4.92 Å². The SMILES string of the molecule is N#C[C@H]1CC=CC[C@@H]1NC(=O)c1ccc([N+](=O)[O-])cc1. The molecule has 1 amide bonds. The van der Waals surface area contributed by atoms with Gasteiger partial charge >= 0.3 is 0 Å². The summed E-state index contributed by atoms with van der Waals surface area (Å²) in [6.45, 7) is 0. The number of nitro groups is 1. The summed E-state index contributed by atoms with van der Waals surface area (Å²) in [6.07, 6.45) is 5.12. The van der Waals surface area contributed by atoms with Crippen molar-refractivity contribution < 1.29 is 9.72 Å². The van der Waals surface area contributed by atoms with Crippen LogP contribution >= 0.6 is 0 Å². The van der Waals surface area contributed by atoms with Crippen LogP contribution < -0.4 is 5.32 Å². The molecule has 2 rings (SSSR count). The number of carbonyl (C=O) groups is 1. The lowest BCUT2D eigenvalue weighted by atomic mass is 9.90. The molecule has 0 heterocycles. The molecule has 1 aliphatic carbocycles. The number of amides is 1. The van der Waals surface area contributed by atoms with Crippen molar-refractivity contribution >= 4 is 11.6 Å². The summed E-state index contributed by atoms with van der Waals surface area (Å²) in [6, 6.07) is 7.36. The van der Waals surface area contributed by atoms with E-state index in [0.29, 0.717) is 18.4 Å². The summed E-state index contributed by atoms with van der Waals surface area (Å²) in [5.74, 6) is -0.553. The van der Waals surface area contributed by atoms with Crippen molar-refractivity contribution in [3.63, 3.8) is 0 Å². The first kappa shape index (κ1) is 13.7. The molecule has 1 aromatic rings. The smallest absolute Gasteiger partial charge is 0.269 e. The Morgan fingerprint density at radius 2 is 1.95 bits per heavy atom. The lowest BCUT2D eigenvalue weighted by Gasteiger charge is -2.24. The summed E-state index contributed by atoms with van der Waals surface area (Å²) < 4.78 is 0. The number of hydrogen-bond acceptors (Lipinski definition) is 4. The predicted octanol–water partition coefficient (Wildman–Crippen LogP) is 2.18. The quantitative estimate of drug-likeness (QED) is 0.517. The van der Waals surface area contributed by atoms with Gasteiger partial charge in [0.2, 0.25) is 0 Å². The topological polar surface area (TPSA) is 96.0 Å². The first-order chi connectivity index (χ1) is 9.61. The van der Waals surface area contributed by atoms with E-state index in [2.05, 4.69) is 11.4 Å². The second-order valence-corrected chi connectivity index (χ2v) is 4.56. The second-order valence-electron chi connectivity index (χ2n) is 4.56. The van der Waals surface area contributed by atoms with Crippen LogP contribution in [0.15, 0.2) is 36.4 Å². The Bertz CT molecular complexity index is 587. The molecule has 0 saturated carbocycles. The van der Waals surface area contributed by atoms with Crippen LogP contribution in [0.25, 0.3) is 0 Å². The normalized spacial score (nSPS) is 20.9. The average molecular weight is 271 g/mol. The first-order valence-electron chi connectivity index (χ1n) is 6.21. The zero-order valence-electron chi connectivity index (χ0n) is 10.7. The second kappa shape index (κ2) is 5.97. The van der Waals surface area contributed by atoms with E-state index in [4.69, 9.17) is 5.26 Å². The van der Waals surface area contributed by atoms with E-state index >= 15 is 0 Å². The molecule has 0 spiro atoms. The highest BCUT2D eigenvalue weighted by molar-refractivity contribution is 5.94. The molecule has 1 N–H and O–H groups in total. The van der Waals surface area contributed by atoms with Gasteiger partial charge in [-0.2, -0.15) is 5.26 Å². The predicted molar refractivity (Wildman–Crippen MR) is 71.8 cm³/mol. The van der Waals surface area contributed by atoms with Gasteiger partial charge in [0.1, 0.15) is 0 Å². The Morgan fingerprint density at radius 3 is 2.55 bits per heavy atom. The molecule has 102 valence electrons. The van der Waals surface area contributed by atoms with Crippen LogP contribution in [0.2, 0.25) is 0 Å². The maximum Gasteiger partial charge on any atom is 0.269 e. The van der Waals surface area contributed by atoms with Crippen LogP contribution in [0, 0.1) is 27.4 Å². The van der Waals surface area contributed by atoms with Gasteiger partial charge in [-0.15, -0.1) is 0 Å². The molecule has 6 heteroatoms. The Hall–Kier alpha value is -2.68. The number of nitrogens with zero attached hydrogens (tertiary/aromatic N) is 2. The molecule has 1 aliphatic rings. The highest BCUT2D eigenvalue weighted by Gasteiger charge is 2.24.